The summed E-state index contributed by atoms with van der Waals surface area (Å²) in [5.41, 5.74) is 1.83. The van der Waals surface area contributed by atoms with Crippen LogP contribution >= 0.6 is 0 Å². The first-order valence-corrected chi connectivity index (χ1v) is 10.7. The number of hydrogen-bond acceptors (Lipinski definition) is 3. The summed E-state index contributed by atoms with van der Waals surface area (Å²) in [5, 5.41) is 6.70. The summed E-state index contributed by atoms with van der Waals surface area (Å²) < 4.78 is 5.90. The number of ether oxygens (including phenoxy) is 1. The highest BCUT2D eigenvalue weighted by Crippen LogP contribution is 2.30. The molecule has 0 aliphatic carbocycles. The number of fused-ring (bicyclic) bond motifs is 2. The van der Waals surface area contributed by atoms with Crippen LogP contribution in [0.2, 0.25) is 0 Å². The number of esters is 1. The molecule has 0 aliphatic rings. The molecular weight excluding hydrogens is 410 g/mol. The van der Waals surface area contributed by atoms with E-state index in [1.165, 1.54) is 0 Å². The lowest BCUT2D eigenvalue weighted by Gasteiger charge is -2.15. The Balaban J connectivity index is 1.49. The van der Waals surface area contributed by atoms with Gasteiger partial charge in [-0.05, 0) is 45.8 Å². The highest BCUT2D eigenvalue weighted by atomic mass is 16.5. The van der Waals surface area contributed by atoms with Crippen LogP contribution < -0.4 is 10.1 Å². The van der Waals surface area contributed by atoms with Crippen LogP contribution in [0.4, 0.5) is 0 Å². The summed E-state index contributed by atoms with van der Waals surface area (Å²) in [4.78, 5) is 25.8. The van der Waals surface area contributed by atoms with E-state index in [9.17, 15) is 9.59 Å². The molecule has 0 unspecified atom stereocenters. The van der Waals surface area contributed by atoms with E-state index in [4.69, 9.17) is 4.74 Å². The molecule has 1 amide bonds. The number of carbonyl (C=O) groups excluding carboxylic acids is 2. The van der Waals surface area contributed by atoms with E-state index in [1.54, 1.807) is 24.3 Å². The van der Waals surface area contributed by atoms with Crippen molar-refractivity contribution >= 4 is 33.4 Å². The summed E-state index contributed by atoms with van der Waals surface area (Å²) in [6, 6.07) is 33.9. The minimum atomic E-state index is -0.433. The maximum atomic E-state index is 13.2. The highest BCUT2D eigenvalue weighted by molar-refractivity contribution is 6.05. The largest absolute Gasteiger partial charge is 0.423 e. The number of benzene rings is 5. The van der Waals surface area contributed by atoms with Gasteiger partial charge in [-0.3, -0.25) is 4.79 Å². The van der Waals surface area contributed by atoms with E-state index < -0.39 is 5.97 Å². The molecule has 4 heteroatoms. The van der Waals surface area contributed by atoms with Crippen molar-refractivity contribution in [3.05, 3.63) is 126 Å². The normalized spacial score (nSPS) is 10.8. The minimum absolute atomic E-state index is 0.185. The van der Waals surface area contributed by atoms with Crippen LogP contribution in [0.25, 0.3) is 21.5 Å². The predicted octanol–water partition coefficient (Wildman–Crippen LogP) is 6.14. The van der Waals surface area contributed by atoms with E-state index in [0.717, 1.165) is 27.1 Å². The second-order valence-electron chi connectivity index (χ2n) is 7.73. The Labute approximate surface area is 191 Å². The molecule has 4 nitrogen and oxygen atoms in total. The minimum Gasteiger partial charge on any atom is -0.423 e. The van der Waals surface area contributed by atoms with Gasteiger partial charge in [-0.15, -0.1) is 0 Å². The van der Waals surface area contributed by atoms with Crippen molar-refractivity contribution in [1.82, 2.24) is 5.32 Å². The van der Waals surface area contributed by atoms with Crippen LogP contribution in [0, 0.1) is 0 Å². The van der Waals surface area contributed by atoms with Gasteiger partial charge < -0.3 is 10.1 Å². The van der Waals surface area contributed by atoms with Crippen molar-refractivity contribution in [3.63, 3.8) is 0 Å². The zero-order chi connectivity index (χ0) is 22.6. The van der Waals surface area contributed by atoms with Crippen LogP contribution in [0.3, 0.4) is 0 Å². The summed E-state index contributed by atoms with van der Waals surface area (Å²) in [6.45, 7) is 0.229. The Morgan fingerprint density at radius 3 is 2.06 bits per heavy atom. The van der Waals surface area contributed by atoms with Gasteiger partial charge in [0.05, 0.1) is 5.56 Å². The van der Waals surface area contributed by atoms with Crippen molar-refractivity contribution in [1.29, 1.82) is 0 Å². The molecule has 0 spiro atoms. The molecule has 5 rings (SSSR count). The van der Waals surface area contributed by atoms with Gasteiger partial charge in [-0.25, -0.2) is 4.79 Å². The van der Waals surface area contributed by atoms with Gasteiger partial charge in [0, 0.05) is 17.7 Å². The first kappa shape index (κ1) is 20.5. The second kappa shape index (κ2) is 8.97. The summed E-state index contributed by atoms with van der Waals surface area (Å²) in [5.74, 6) is -0.187. The molecule has 5 aromatic carbocycles. The van der Waals surface area contributed by atoms with Crippen molar-refractivity contribution in [2.45, 2.75) is 6.54 Å². The topological polar surface area (TPSA) is 55.4 Å². The maximum Gasteiger partial charge on any atom is 0.344 e. The molecule has 5 aromatic rings. The van der Waals surface area contributed by atoms with Crippen LogP contribution in [-0.4, -0.2) is 11.9 Å². The molecule has 0 heterocycles. The predicted molar refractivity (Wildman–Crippen MR) is 130 cm³/mol. The quantitative estimate of drug-likeness (QED) is 0.269. The Morgan fingerprint density at radius 2 is 1.27 bits per heavy atom. The van der Waals surface area contributed by atoms with Gasteiger partial charge in [0.15, 0.2) is 0 Å². The lowest BCUT2D eigenvalue weighted by atomic mass is 10.0. The molecule has 0 saturated carbocycles. The second-order valence-corrected chi connectivity index (χ2v) is 7.73. The van der Waals surface area contributed by atoms with E-state index in [-0.39, 0.29) is 12.5 Å². The molecule has 0 bridgehead atoms. The lowest BCUT2D eigenvalue weighted by molar-refractivity contribution is 0.0735. The summed E-state index contributed by atoms with van der Waals surface area (Å²) in [6.07, 6.45) is 0. The third kappa shape index (κ3) is 4.19. The molecule has 0 fully saturated rings. The monoisotopic (exact) mass is 431 g/mol. The van der Waals surface area contributed by atoms with Crippen molar-refractivity contribution < 1.29 is 14.3 Å². The number of amides is 1. The molecule has 1 N–H and O–H groups in total. The van der Waals surface area contributed by atoms with Gasteiger partial charge in [0.1, 0.15) is 5.75 Å². The van der Waals surface area contributed by atoms with Gasteiger partial charge >= 0.3 is 5.97 Å². The summed E-state index contributed by atoms with van der Waals surface area (Å²) >= 11 is 0. The zero-order valence-corrected chi connectivity index (χ0v) is 17.8. The fourth-order valence-electron chi connectivity index (χ4n) is 4.01. The molecule has 0 saturated heterocycles. The van der Waals surface area contributed by atoms with Gasteiger partial charge in [-0.2, -0.15) is 0 Å². The van der Waals surface area contributed by atoms with Crippen molar-refractivity contribution in [2.75, 3.05) is 0 Å². The number of nitrogens with one attached hydrogen (secondary N) is 1. The van der Waals surface area contributed by atoms with Gasteiger partial charge in [-0.1, -0.05) is 84.9 Å². The number of rotatable bonds is 5. The van der Waals surface area contributed by atoms with Gasteiger partial charge in [0.2, 0.25) is 0 Å². The molecular formula is C29H21NO3. The first-order chi connectivity index (χ1) is 16.2. The smallest absolute Gasteiger partial charge is 0.344 e. The molecule has 33 heavy (non-hydrogen) atoms. The average molecular weight is 431 g/mol. The maximum absolute atomic E-state index is 13.2. The first-order valence-electron chi connectivity index (χ1n) is 10.7. The highest BCUT2D eigenvalue weighted by Gasteiger charge is 2.17. The standard InChI is InChI=1S/C29H21NO3/c31-28(22-11-2-1-3-12-22)30-19-26-24-15-7-5-10-21(24)17-18-27(26)33-29(32)25-16-8-13-20-9-4-6-14-23(20)25/h1-18H,19H2,(H,30,31). The van der Waals surface area contributed by atoms with Crippen LogP contribution in [0.1, 0.15) is 26.3 Å². The molecule has 0 aromatic heterocycles. The van der Waals surface area contributed by atoms with E-state index >= 15 is 0 Å². The average Bonchev–Trinajstić information content (AvgIpc) is 2.88. The van der Waals surface area contributed by atoms with Crippen LogP contribution in [-0.2, 0) is 6.54 Å². The molecule has 160 valence electrons. The Hall–Kier alpha value is -4.44. The van der Waals surface area contributed by atoms with Crippen molar-refractivity contribution in [3.8, 4) is 5.75 Å². The molecule has 0 radical (unpaired) electrons. The lowest BCUT2D eigenvalue weighted by Crippen LogP contribution is -2.23. The third-order valence-corrected chi connectivity index (χ3v) is 5.67. The fraction of sp³-hybridized carbons (Fsp3) is 0.0345. The Bertz CT molecular complexity index is 1470. The fourth-order valence-corrected chi connectivity index (χ4v) is 4.01. The Kier molecular flexibility index (Phi) is 5.56. The van der Waals surface area contributed by atoms with Crippen LogP contribution in [0.15, 0.2) is 109 Å². The number of carbonyl (C=O) groups is 2. The summed E-state index contributed by atoms with van der Waals surface area (Å²) in [7, 11) is 0. The third-order valence-electron chi connectivity index (χ3n) is 5.67. The van der Waals surface area contributed by atoms with E-state index in [1.807, 2.05) is 84.9 Å². The Morgan fingerprint density at radius 1 is 0.636 bits per heavy atom. The molecule has 0 atom stereocenters. The van der Waals surface area contributed by atoms with E-state index in [2.05, 4.69) is 5.32 Å². The molecule has 0 aliphatic heterocycles. The van der Waals surface area contributed by atoms with Crippen molar-refractivity contribution in [2.24, 2.45) is 0 Å². The SMILES string of the molecule is O=C(NCc1c(OC(=O)c2cccc3ccccc23)ccc2ccccc12)c1ccccc1. The van der Waals surface area contributed by atoms with Crippen LogP contribution in [0.5, 0.6) is 5.75 Å². The zero-order valence-electron chi connectivity index (χ0n) is 17.8. The van der Waals surface area contributed by atoms with Gasteiger partial charge in [0.25, 0.3) is 5.91 Å². The van der Waals surface area contributed by atoms with E-state index in [0.29, 0.717) is 16.9 Å². The number of hydrogen-bond donors (Lipinski definition) is 1.